The van der Waals surface area contributed by atoms with E-state index in [4.69, 9.17) is 9.47 Å². The van der Waals surface area contributed by atoms with Crippen molar-refractivity contribution < 1.29 is 19.1 Å². The van der Waals surface area contributed by atoms with Gasteiger partial charge in [0, 0.05) is 42.7 Å². The average molecular weight is 333 g/mol. The lowest BCUT2D eigenvalue weighted by Gasteiger charge is -2.21. The Morgan fingerprint density at radius 1 is 1.29 bits per heavy atom. The van der Waals surface area contributed by atoms with Crippen LogP contribution in [0, 0.1) is 5.92 Å². The van der Waals surface area contributed by atoms with E-state index in [0.29, 0.717) is 31.0 Å². The van der Waals surface area contributed by atoms with Crippen molar-refractivity contribution in [1.82, 2.24) is 10.6 Å². The SMILES string of the molecule is CC(C)(C)NC(=O)NC[C@H]1CC(=O)N(c2ccc3c(c2)OCO3)C1. The number of hydrogen-bond donors (Lipinski definition) is 2. The summed E-state index contributed by atoms with van der Waals surface area (Å²) in [5, 5.41) is 5.69. The molecule has 0 saturated carbocycles. The second-order valence-electron chi connectivity index (χ2n) is 7.20. The number of rotatable bonds is 3. The molecule has 3 amide bonds. The molecule has 0 aromatic heterocycles. The van der Waals surface area contributed by atoms with Gasteiger partial charge in [0.2, 0.25) is 12.7 Å². The number of benzene rings is 1. The van der Waals surface area contributed by atoms with Gasteiger partial charge in [0.15, 0.2) is 11.5 Å². The molecule has 0 aliphatic carbocycles. The van der Waals surface area contributed by atoms with Crippen molar-refractivity contribution in [2.45, 2.75) is 32.7 Å². The molecule has 1 aromatic carbocycles. The number of anilines is 1. The van der Waals surface area contributed by atoms with Gasteiger partial charge in [-0.3, -0.25) is 4.79 Å². The molecule has 0 bridgehead atoms. The molecule has 1 aromatic rings. The molecule has 7 nitrogen and oxygen atoms in total. The number of amides is 3. The highest BCUT2D eigenvalue weighted by Crippen LogP contribution is 2.37. The molecule has 2 N–H and O–H groups in total. The van der Waals surface area contributed by atoms with E-state index >= 15 is 0 Å². The van der Waals surface area contributed by atoms with E-state index < -0.39 is 0 Å². The van der Waals surface area contributed by atoms with Gasteiger partial charge in [-0.15, -0.1) is 0 Å². The summed E-state index contributed by atoms with van der Waals surface area (Å²) in [5.41, 5.74) is 0.513. The molecule has 0 unspecified atom stereocenters. The third-order valence-corrected chi connectivity index (χ3v) is 3.91. The van der Waals surface area contributed by atoms with Crippen LogP contribution in [0.25, 0.3) is 0 Å². The van der Waals surface area contributed by atoms with E-state index in [1.54, 1.807) is 4.90 Å². The number of nitrogens with zero attached hydrogens (tertiary/aromatic N) is 1. The number of carbonyl (C=O) groups excluding carboxylic acids is 2. The van der Waals surface area contributed by atoms with E-state index in [2.05, 4.69) is 10.6 Å². The fraction of sp³-hybridized carbons (Fsp3) is 0.529. The van der Waals surface area contributed by atoms with Crippen molar-refractivity contribution in [2.24, 2.45) is 5.92 Å². The van der Waals surface area contributed by atoms with Crippen LogP contribution in [0.2, 0.25) is 0 Å². The highest BCUT2D eigenvalue weighted by molar-refractivity contribution is 5.96. The molecule has 1 saturated heterocycles. The molecule has 24 heavy (non-hydrogen) atoms. The van der Waals surface area contributed by atoms with Gasteiger partial charge in [0.1, 0.15) is 0 Å². The van der Waals surface area contributed by atoms with Crippen molar-refractivity contribution in [3.05, 3.63) is 18.2 Å². The lowest BCUT2D eigenvalue weighted by atomic mass is 10.1. The molecule has 130 valence electrons. The van der Waals surface area contributed by atoms with Gasteiger partial charge >= 0.3 is 6.03 Å². The quantitative estimate of drug-likeness (QED) is 0.885. The summed E-state index contributed by atoms with van der Waals surface area (Å²) in [6.45, 7) is 7.03. The Labute approximate surface area is 141 Å². The molecule has 3 rings (SSSR count). The van der Waals surface area contributed by atoms with Crippen molar-refractivity contribution in [3.8, 4) is 11.5 Å². The topological polar surface area (TPSA) is 79.9 Å². The predicted molar refractivity (Wildman–Crippen MR) is 89.3 cm³/mol. The van der Waals surface area contributed by atoms with Crippen molar-refractivity contribution in [3.63, 3.8) is 0 Å². The van der Waals surface area contributed by atoms with Crippen LogP contribution in [0.4, 0.5) is 10.5 Å². The second-order valence-corrected chi connectivity index (χ2v) is 7.20. The number of nitrogens with one attached hydrogen (secondary N) is 2. The fourth-order valence-corrected chi connectivity index (χ4v) is 2.84. The van der Waals surface area contributed by atoms with Crippen LogP contribution in [0.5, 0.6) is 11.5 Å². The molecule has 2 aliphatic heterocycles. The van der Waals surface area contributed by atoms with Crippen molar-refractivity contribution in [2.75, 3.05) is 24.8 Å². The maximum absolute atomic E-state index is 12.3. The Bertz CT molecular complexity index is 654. The first kappa shape index (κ1) is 16.4. The molecule has 0 spiro atoms. The zero-order valence-corrected chi connectivity index (χ0v) is 14.2. The maximum Gasteiger partial charge on any atom is 0.315 e. The van der Waals surface area contributed by atoms with Gasteiger partial charge in [-0.1, -0.05) is 0 Å². The molecule has 2 heterocycles. The number of ether oxygens (including phenoxy) is 2. The maximum atomic E-state index is 12.3. The standard InChI is InChI=1S/C17H23N3O4/c1-17(2,3)19-16(22)18-8-11-6-15(21)20(9-11)12-4-5-13-14(7-12)24-10-23-13/h4-5,7,11H,6,8-10H2,1-3H3,(H2,18,19,22)/t11-/m1/s1. The predicted octanol–water partition coefficient (Wildman–Crippen LogP) is 1.87. The first-order valence-electron chi connectivity index (χ1n) is 8.08. The molecule has 2 aliphatic rings. The zero-order chi connectivity index (χ0) is 17.3. The van der Waals surface area contributed by atoms with Gasteiger partial charge in [-0.05, 0) is 32.9 Å². The highest BCUT2D eigenvalue weighted by atomic mass is 16.7. The minimum absolute atomic E-state index is 0.0527. The van der Waals surface area contributed by atoms with Crippen molar-refractivity contribution >= 4 is 17.6 Å². The van der Waals surface area contributed by atoms with Crippen LogP contribution in [0.15, 0.2) is 18.2 Å². The van der Waals surface area contributed by atoms with Crippen LogP contribution in [-0.2, 0) is 4.79 Å². The van der Waals surface area contributed by atoms with Crippen LogP contribution in [0.3, 0.4) is 0 Å². The molecule has 0 radical (unpaired) electrons. The minimum atomic E-state index is -0.284. The van der Waals surface area contributed by atoms with Crippen LogP contribution in [-0.4, -0.2) is 37.4 Å². The average Bonchev–Trinajstić information content (AvgIpc) is 3.08. The van der Waals surface area contributed by atoms with Crippen LogP contribution < -0.4 is 25.0 Å². The summed E-state index contributed by atoms with van der Waals surface area (Å²) in [6.07, 6.45) is 0.421. The molecular formula is C17H23N3O4. The summed E-state index contributed by atoms with van der Waals surface area (Å²) >= 11 is 0. The number of fused-ring (bicyclic) bond motifs is 1. The van der Waals surface area contributed by atoms with Gasteiger partial charge < -0.3 is 25.0 Å². The van der Waals surface area contributed by atoms with E-state index in [1.807, 2.05) is 39.0 Å². The van der Waals surface area contributed by atoms with Gasteiger partial charge in [0.25, 0.3) is 0 Å². The Morgan fingerprint density at radius 2 is 2.04 bits per heavy atom. The normalized spacial score (nSPS) is 19.5. The van der Waals surface area contributed by atoms with Gasteiger partial charge in [-0.25, -0.2) is 4.79 Å². The third kappa shape index (κ3) is 3.72. The summed E-state index contributed by atoms with van der Waals surface area (Å²) < 4.78 is 10.6. The molecule has 1 atom stereocenters. The Kier molecular flexibility index (Phi) is 4.26. The Morgan fingerprint density at radius 3 is 2.79 bits per heavy atom. The molecule has 1 fully saturated rings. The third-order valence-electron chi connectivity index (χ3n) is 3.91. The molecular weight excluding hydrogens is 310 g/mol. The highest BCUT2D eigenvalue weighted by Gasteiger charge is 2.31. The lowest BCUT2D eigenvalue weighted by Crippen LogP contribution is -2.47. The van der Waals surface area contributed by atoms with Crippen LogP contribution >= 0.6 is 0 Å². The fourth-order valence-electron chi connectivity index (χ4n) is 2.84. The summed E-state index contributed by atoms with van der Waals surface area (Å²) in [6, 6.07) is 5.28. The van der Waals surface area contributed by atoms with Crippen LogP contribution in [0.1, 0.15) is 27.2 Å². The van der Waals surface area contributed by atoms with E-state index in [-0.39, 0.29) is 30.2 Å². The Hall–Kier alpha value is -2.44. The first-order valence-corrected chi connectivity index (χ1v) is 8.08. The molecule has 7 heteroatoms. The largest absolute Gasteiger partial charge is 0.454 e. The summed E-state index contributed by atoms with van der Waals surface area (Å²) in [7, 11) is 0. The summed E-state index contributed by atoms with van der Waals surface area (Å²) in [4.78, 5) is 25.8. The number of carbonyl (C=O) groups is 2. The van der Waals surface area contributed by atoms with E-state index in [9.17, 15) is 9.59 Å². The van der Waals surface area contributed by atoms with Gasteiger partial charge in [0.05, 0.1) is 0 Å². The Balaban J connectivity index is 1.57. The second kappa shape index (κ2) is 6.22. The van der Waals surface area contributed by atoms with E-state index in [1.165, 1.54) is 0 Å². The lowest BCUT2D eigenvalue weighted by molar-refractivity contribution is -0.117. The van der Waals surface area contributed by atoms with E-state index in [0.717, 1.165) is 5.69 Å². The summed E-state index contributed by atoms with van der Waals surface area (Å²) in [5.74, 6) is 1.50. The smallest absolute Gasteiger partial charge is 0.315 e. The number of urea groups is 1. The first-order chi connectivity index (χ1) is 11.3. The zero-order valence-electron chi connectivity index (χ0n) is 14.2. The number of hydrogen-bond acceptors (Lipinski definition) is 4. The monoisotopic (exact) mass is 333 g/mol. The van der Waals surface area contributed by atoms with Crippen molar-refractivity contribution in [1.29, 1.82) is 0 Å². The van der Waals surface area contributed by atoms with Gasteiger partial charge in [-0.2, -0.15) is 0 Å². The minimum Gasteiger partial charge on any atom is -0.454 e.